The highest BCUT2D eigenvalue weighted by Gasteiger charge is 2.03. The zero-order valence-electron chi connectivity index (χ0n) is 7.64. The van der Waals surface area contributed by atoms with Crippen molar-refractivity contribution >= 4 is 11.0 Å². The van der Waals surface area contributed by atoms with Crippen LogP contribution in [0.5, 0.6) is 0 Å². The molecule has 0 bridgehead atoms. The Kier molecular flexibility index (Phi) is 1.47. The van der Waals surface area contributed by atoms with Crippen LogP contribution in [0.2, 0.25) is 0 Å². The van der Waals surface area contributed by atoms with Crippen molar-refractivity contribution in [3.63, 3.8) is 0 Å². The lowest BCUT2D eigenvalue weighted by Crippen LogP contribution is -1.78. The lowest BCUT2D eigenvalue weighted by atomic mass is 10.1. The third-order valence-electron chi connectivity index (χ3n) is 2.36. The molecule has 0 aliphatic heterocycles. The molecular weight excluding hydrogens is 148 g/mol. The van der Waals surface area contributed by atoms with Crippen molar-refractivity contribution in [2.24, 2.45) is 0 Å². The Morgan fingerprint density at radius 1 is 1.08 bits per heavy atom. The van der Waals surface area contributed by atoms with Gasteiger partial charge in [-0.05, 0) is 44.0 Å². The minimum atomic E-state index is 0.985. The number of furan rings is 1. The Morgan fingerprint density at radius 2 is 1.83 bits per heavy atom. The van der Waals surface area contributed by atoms with Crippen molar-refractivity contribution in [1.29, 1.82) is 0 Å². The smallest absolute Gasteiger partial charge is 0.134 e. The highest BCUT2D eigenvalue weighted by molar-refractivity contribution is 5.82. The maximum absolute atomic E-state index is 5.50. The summed E-state index contributed by atoms with van der Waals surface area (Å²) in [4.78, 5) is 0. The highest BCUT2D eigenvalue weighted by Crippen LogP contribution is 2.24. The van der Waals surface area contributed by atoms with Crippen LogP contribution in [0.15, 0.2) is 22.6 Å². The van der Waals surface area contributed by atoms with Gasteiger partial charge in [0.2, 0.25) is 0 Å². The average Bonchev–Trinajstić information content (AvgIpc) is 2.39. The monoisotopic (exact) mass is 160 g/mol. The van der Waals surface area contributed by atoms with E-state index < -0.39 is 0 Å². The number of benzene rings is 1. The lowest BCUT2D eigenvalue weighted by Gasteiger charge is -1.98. The maximum atomic E-state index is 5.50. The summed E-state index contributed by atoms with van der Waals surface area (Å²) in [6.07, 6.45) is 0. The Bertz CT molecular complexity index is 424. The summed E-state index contributed by atoms with van der Waals surface area (Å²) in [6, 6.07) is 6.23. The van der Waals surface area contributed by atoms with E-state index in [0.717, 1.165) is 11.3 Å². The first-order valence-electron chi connectivity index (χ1n) is 4.15. The number of rotatable bonds is 0. The SMILES string of the molecule is Cc1cc2c(C)c(C)ccc2o1. The molecule has 2 rings (SSSR count). The molecule has 0 unspecified atom stereocenters. The molecule has 0 radical (unpaired) electrons. The van der Waals surface area contributed by atoms with E-state index in [1.54, 1.807) is 0 Å². The number of fused-ring (bicyclic) bond motifs is 1. The summed E-state index contributed by atoms with van der Waals surface area (Å²) in [6.45, 7) is 6.23. The molecule has 1 aromatic heterocycles. The molecule has 62 valence electrons. The van der Waals surface area contributed by atoms with Gasteiger partial charge in [0, 0.05) is 5.39 Å². The van der Waals surface area contributed by atoms with Crippen molar-refractivity contribution in [1.82, 2.24) is 0 Å². The van der Waals surface area contributed by atoms with Crippen LogP contribution in [0.25, 0.3) is 11.0 Å². The molecule has 0 saturated carbocycles. The van der Waals surface area contributed by atoms with Gasteiger partial charge in [-0.15, -0.1) is 0 Å². The Labute approximate surface area is 72.0 Å². The molecule has 0 amide bonds. The third-order valence-corrected chi connectivity index (χ3v) is 2.36. The number of hydrogen-bond acceptors (Lipinski definition) is 1. The fraction of sp³-hybridized carbons (Fsp3) is 0.273. The molecule has 0 N–H and O–H groups in total. The normalized spacial score (nSPS) is 10.9. The van der Waals surface area contributed by atoms with Crippen LogP contribution in [-0.2, 0) is 0 Å². The Hall–Kier alpha value is -1.24. The fourth-order valence-corrected chi connectivity index (χ4v) is 1.49. The minimum Gasteiger partial charge on any atom is -0.461 e. The van der Waals surface area contributed by atoms with Crippen LogP contribution in [0.1, 0.15) is 16.9 Å². The summed E-state index contributed by atoms with van der Waals surface area (Å²) in [5, 5.41) is 1.24. The standard InChI is InChI=1S/C11H12O/c1-7-4-5-11-10(9(7)3)6-8(2)12-11/h4-6H,1-3H3. The van der Waals surface area contributed by atoms with Crippen molar-refractivity contribution in [3.05, 3.63) is 35.1 Å². The molecular formula is C11H12O. The van der Waals surface area contributed by atoms with E-state index in [4.69, 9.17) is 4.42 Å². The van der Waals surface area contributed by atoms with Gasteiger partial charge in [-0.2, -0.15) is 0 Å². The van der Waals surface area contributed by atoms with Gasteiger partial charge in [0.15, 0.2) is 0 Å². The van der Waals surface area contributed by atoms with Crippen LogP contribution in [0.4, 0.5) is 0 Å². The van der Waals surface area contributed by atoms with Gasteiger partial charge in [0.05, 0.1) is 0 Å². The van der Waals surface area contributed by atoms with Gasteiger partial charge in [-0.3, -0.25) is 0 Å². The van der Waals surface area contributed by atoms with Gasteiger partial charge in [0.1, 0.15) is 11.3 Å². The van der Waals surface area contributed by atoms with Crippen LogP contribution in [0.3, 0.4) is 0 Å². The van der Waals surface area contributed by atoms with E-state index in [1.807, 2.05) is 13.0 Å². The second-order valence-corrected chi connectivity index (χ2v) is 3.28. The predicted octanol–water partition coefficient (Wildman–Crippen LogP) is 3.36. The van der Waals surface area contributed by atoms with E-state index in [9.17, 15) is 0 Å². The number of aryl methyl sites for hydroxylation is 3. The van der Waals surface area contributed by atoms with Crippen molar-refractivity contribution in [2.45, 2.75) is 20.8 Å². The lowest BCUT2D eigenvalue weighted by molar-refractivity contribution is 0.578. The second-order valence-electron chi connectivity index (χ2n) is 3.28. The number of hydrogen-bond donors (Lipinski definition) is 0. The maximum Gasteiger partial charge on any atom is 0.134 e. The Morgan fingerprint density at radius 3 is 2.58 bits per heavy atom. The Balaban J connectivity index is 2.89. The quantitative estimate of drug-likeness (QED) is 0.576. The van der Waals surface area contributed by atoms with Crippen molar-refractivity contribution in [3.8, 4) is 0 Å². The summed E-state index contributed by atoms with van der Waals surface area (Å²) < 4.78 is 5.50. The largest absolute Gasteiger partial charge is 0.461 e. The minimum absolute atomic E-state index is 0.985. The van der Waals surface area contributed by atoms with E-state index in [1.165, 1.54) is 16.5 Å². The summed E-state index contributed by atoms with van der Waals surface area (Å²) in [7, 11) is 0. The van der Waals surface area contributed by atoms with E-state index >= 15 is 0 Å². The second kappa shape index (κ2) is 2.37. The van der Waals surface area contributed by atoms with Crippen molar-refractivity contribution in [2.75, 3.05) is 0 Å². The van der Waals surface area contributed by atoms with Crippen LogP contribution >= 0.6 is 0 Å². The zero-order valence-corrected chi connectivity index (χ0v) is 7.64. The molecule has 0 fully saturated rings. The van der Waals surface area contributed by atoms with Gasteiger partial charge in [-0.1, -0.05) is 6.07 Å². The molecule has 1 aromatic carbocycles. The molecule has 0 atom stereocenters. The summed E-state index contributed by atoms with van der Waals surface area (Å²) in [5.74, 6) is 0.985. The molecule has 1 nitrogen and oxygen atoms in total. The molecule has 0 aliphatic carbocycles. The molecule has 0 spiro atoms. The van der Waals surface area contributed by atoms with Crippen LogP contribution in [-0.4, -0.2) is 0 Å². The molecule has 12 heavy (non-hydrogen) atoms. The predicted molar refractivity (Wildman–Crippen MR) is 50.4 cm³/mol. The summed E-state index contributed by atoms with van der Waals surface area (Å²) >= 11 is 0. The zero-order chi connectivity index (χ0) is 8.72. The van der Waals surface area contributed by atoms with E-state index in [0.29, 0.717) is 0 Å². The van der Waals surface area contributed by atoms with Gasteiger partial charge in [-0.25, -0.2) is 0 Å². The fourth-order valence-electron chi connectivity index (χ4n) is 1.49. The highest BCUT2D eigenvalue weighted by atomic mass is 16.3. The van der Waals surface area contributed by atoms with E-state index in [2.05, 4.69) is 26.0 Å². The molecule has 1 heteroatoms. The summed E-state index contributed by atoms with van der Waals surface area (Å²) in [5.41, 5.74) is 3.64. The first kappa shape index (κ1) is 7.41. The van der Waals surface area contributed by atoms with Gasteiger partial charge in [0.25, 0.3) is 0 Å². The first-order chi connectivity index (χ1) is 5.68. The van der Waals surface area contributed by atoms with Gasteiger partial charge >= 0.3 is 0 Å². The molecule has 0 saturated heterocycles. The van der Waals surface area contributed by atoms with E-state index in [-0.39, 0.29) is 0 Å². The molecule has 0 aliphatic rings. The molecule has 2 aromatic rings. The van der Waals surface area contributed by atoms with Gasteiger partial charge < -0.3 is 4.42 Å². The average molecular weight is 160 g/mol. The molecule has 1 heterocycles. The van der Waals surface area contributed by atoms with Crippen molar-refractivity contribution < 1.29 is 4.42 Å². The third kappa shape index (κ3) is 0.934. The first-order valence-corrected chi connectivity index (χ1v) is 4.15. The van der Waals surface area contributed by atoms with Crippen LogP contribution in [0, 0.1) is 20.8 Å². The topological polar surface area (TPSA) is 13.1 Å². The van der Waals surface area contributed by atoms with Crippen LogP contribution < -0.4 is 0 Å².